The highest BCUT2D eigenvalue weighted by Gasteiger charge is 2.17. The van der Waals surface area contributed by atoms with Crippen LogP contribution in [0.25, 0.3) is 0 Å². The van der Waals surface area contributed by atoms with Crippen molar-refractivity contribution in [3.8, 4) is 6.07 Å². The zero-order valence-corrected chi connectivity index (χ0v) is 12.7. The summed E-state index contributed by atoms with van der Waals surface area (Å²) in [4.78, 5) is 24.7. The van der Waals surface area contributed by atoms with Gasteiger partial charge in [-0.2, -0.15) is 5.26 Å². The predicted molar refractivity (Wildman–Crippen MR) is 78.0 cm³/mol. The second kappa shape index (κ2) is 8.33. The molecule has 20 heavy (non-hydrogen) atoms. The molecule has 0 N–H and O–H groups in total. The number of ether oxygens (including phenoxy) is 1. The second-order valence-corrected chi connectivity index (χ2v) is 4.84. The first-order valence-corrected chi connectivity index (χ1v) is 6.96. The third kappa shape index (κ3) is 5.02. The molecule has 1 amide bonds. The first kappa shape index (κ1) is 16.2. The van der Waals surface area contributed by atoms with Crippen molar-refractivity contribution in [2.45, 2.75) is 19.8 Å². The van der Waals surface area contributed by atoms with Gasteiger partial charge in [0.25, 0.3) is 0 Å². The highest BCUT2D eigenvalue weighted by Crippen LogP contribution is 2.19. The van der Waals surface area contributed by atoms with E-state index in [1.54, 1.807) is 31.2 Å². The van der Waals surface area contributed by atoms with Gasteiger partial charge in [-0.25, -0.2) is 0 Å². The summed E-state index contributed by atoms with van der Waals surface area (Å²) in [6.45, 7) is 1.95. The Bertz CT molecular complexity index is 508. The van der Waals surface area contributed by atoms with E-state index in [9.17, 15) is 9.59 Å². The smallest absolute Gasteiger partial charge is 0.306 e. The summed E-state index contributed by atoms with van der Waals surface area (Å²) in [6.07, 6.45) is 0.0434. The molecule has 0 saturated carbocycles. The normalized spacial score (nSPS) is 9.65. The number of nitriles is 1. The molecule has 1 aromatic rings. The third-order valence-electron chi connectivity index (χ3n) is 2.52. The molecule has 0 aliphatic carbocycles. The van der Waals surface area contributed by atoms with Crippen molar-refractivity contribution in [2.24, 2.45) is 0 Å². The Hall–Kier alpha value is -1.87. The maximum Gasteiger partial charge on any atom is 0.306 e. The molecule has 5 nitrogen and oxygen atoms in total. The van der Waals surface area contributed by atoms with Crippen molar-refractivity contribution < 1.29 is 14.3 Å². The quantitative estimate of drug-likeness (QED) is 0.590. The fourth-order valence-electron chi connectivity index (χ4n) is 1.59. The molecule has 0 fully saturated rings. The van der Waals surface area contributed by atoms with E-state index in [2.05, 4.69) is 15.9 Å². The van der Waals surface area contributed by atoms with Gasteiger partial charge >= 0.3 is 5.97 Å². The lowest BCUT2D eigenvalue weighted by Crippen LogP contribution is -2.31. The summed E-state index contributed by atoms with van der Waals surface area (Å²) in [5.74, 6) is -0.685. The van der Waals surface area contributed by atoms with Crippen LogP contribution in [0.1, 0.15) is 19.8 Å². The average molecular weight is 339 g/mol. The van der Waals surface area contributed by atoms with Gasteiger partial charge in [0, 0.05) is 16.6 Å². The van der Waals surface area contributed by atoms with Crippen molar-refractivity contribution in [2.75, 3.05) is 18.1 Å². The lowest BCUT2D eigenvalue weighted by atomic mass is 10.2. The highest BCUT2D eigenvalue weighted by molar-refractivity contribution is 9.10. The summed E-state index contributed by atoms with van der Waals surface area (Å²) in [7, 11) is 0. The van der Waals surface area contributed by atoms with Crippen LogP contribution in [0.3, 0.4) is 0 Å². The van der Waals surface area contributed by atoms with Crippen molar-refractivity contribution >= 4 is 33.5 Å². The summed E-state index contributed by atoms with van der Waals surface area (Å²) in [5, 5.41) is 8.82. The molecule has 1 aromatic carbocycles. The van der Waals surface area contributed by atoms with Gasteiger partial charge in [-0.1, -0.05) is 15.9 Å². The lowest BCUT2D eigenvalue weighted by Gasteiger charge is -2.19. The Balaban J connectivity index is 2.71. The summed E-state index contributed by atoms with van der Waals surface area (Å²) in [6, 6.07) is 9.01. The molecule has 6 heteroatoms. The van der Waals surface area contributed by atoms with E-state index < -0.39 is 5.97 Å². The largest absolute Gasteiger partial charge is 0.466 e. The van der Waals surface area contributed by atoms with Gasteiger partial charge in [-0.3, -0.25) is 14.5 Å². The zero-order valence-electron chi connectivity index (χ0n) is 11.1. The minimum Gasteiger partial charge on any atom is -0.466 e. The van der Waals surface area contributed by atoms with E-state index in [4.69, 9.17) is 10.00 Å². The average Bonchev–Trinajstić information content (AvgIpc) is 2.44. The Labute approximate surface area is 126 Å². The molecule has 0 unspecified atom stereocenters. The monoisotopic (exact) mass is 338 g/mol. The molecule has 0 heterocycles. The molecular formula is C14H15BrN2O3. The van der Waals surface area contributed by atoms with Crippen LogP contribution in [-0.4, -0.2) is 25.0 Å². The highest BCUT2D eigenvalue weighted by atomic mass is 79.9. The maximum absolute atomic E-state index is 12.1. The van der Waals surface area contributed by atoms with Gasteiger partial charge in [0.15, 0.2) is 0 Å². The number of carbonyl (C=O) groups is 2. The van der Waals surface area contributed by atoms with Crippen LogP contribution in [0.4, 0.5) is 5.69 Å². The maximum atomic E-state index is 12.1. The van der Waals surface area contributed by atoms with E-state index in [1.165, 1.54) is 4.90 Å². The number of anilines is 1. The molecular weight excluding hydrogens is 324 g/mol. The molecule has 0 bridgehead atoms. The van der Waals surface area contributed by atoms with Crippen molar-refractivity contribution in [1.29, 1.82) is 5.26 Å². The van der Waals surface area contributed by atoms with Gasteiger partial charge in [0.2, 0.25) is 5.91 Å². The minimum atomic E-state index is -0.409. The van der Waals surface area contributed by atoms with Crippen LogP contribution < -0.4 is 4.90 Å². The molecule has 1 rings (SSSR count). The molecule has 0 saturated heterocycles. The van der Waals surface area contributed by atoms with E-state index in [0.29, 0.717) is 12.3 Å². The van der Waals surface area contributed by atoms with Gasteiger partial charge in [0.05, 0.1) is 19.1 Å². The summed E-state index contributed by atoms with van der Waals surface area (Å²) in [5.41, 5.74) is 0.628. The van der Waals surface area contributed by atoms with Gasteiger partial charge in [-0.05, 0) is 31.2 Å². The van der Waals surface area contributed by atoms with Crippen LogP contribution in [0.15, 0.2) is 28.7 Å². The van der Waals surface area contributed by atoms with Crippen molar-refractivity contribution in [1.82, 2.24) is 0 Å². The Morgan fingerprint density at radius 2 is 1.95 bits per heavy atom. The number of rotatable bonds is 6. The SMILES string of the molecule is CCOC(=O)CCC(=O)N(CC#N)c1ccc(Br)cc1. The number of amides is 1. The molecule has 0 aromatic heterocycles. The van der Waals surface area contributed by atoms with Gasteiger partial charge in [-0.15, -0.1) is 0 Å². The number of nitrogens with zero attached hydrogens (tertiary/aromatic N) is 2. The van der Waals surface area contributed by atoms with Crippen LogP contribution in [0.2, 0.25) is 0 Å². The van der Waals surface area contributed by atoms with E-state index in [0.717, 1.165) is 4.47 Å². The second-order valence-electron chi connectivity index (χ2n) is 3.92. The fourth-order valence-corrected chi connectivity index (χ4v) is 1.86. The summed E-state index contributed by atoms with van der Waals surface area (Å²) >= 11 is 3.31. The molecule has 0 aliphatic rings. The number of hydrogen-bond acceptors (Lipinski definition) is 4. The van der Waals surface area contributed by atoms with Gasteiger partial charge in [0.1, 0.15) is 6.54 Å². The number of benzene rings is 1. The standard InChI is InChI=1S/C14H15BrN2O3/c1-2-20-14(19)8-7-13(18)17(10-9-16)12-5-3-11(15)4-6-12/h3-6H,2,7-8,10H2,1H3. The van der Waals surface area contributed by atoms with Crippen molar-refractivity contribution in [3.05, 3.63) is 28.7 Å². The van der Waals surface area contributed by atoms with Crippen LogP contribution in [0, 0.1) is 11.3 Å². The van der Waals surface area contributed by atoms with Crippen molar-refractivity contribution in [3.63, 3.8) is 0 Å². The van der Waals surface area contributed by atoms with Crippen LogP contribution >= 0.6 is 15.9 Å². The molecule has 0 aliphatic heterocycles. The number of esters is 1. The zero-order chi connectivity index (χ0) is 15.0. The number of halogens is 1. The Morgan fingerprint density at radius 1 is 1.30 bits per heavy atom. The first-order chi connectivity index (χ1) is 9.58. The third-order valence-corrected chi connectivity index (χ3v) is 3.05. The molecule has 0 spiro atoms. The predicted octanol–water partition coefficient (Wildman–Crippen LogP) is 2.65. The van der Waals surface area contributed by atoms with E-state index in [1.807, 2.05) is 6.07 Å². The van der Waals surface area contributed by atoms with Gasteiger partial charge < -0.3 is 4.74 Å². The van der Waals surface area contributed by atoms with E-state index in [-0.39, 0.29) is 25.3 Å². The fraction of sp³-hybridized carbons (Fsp3) is 0.357. The van der Waals surface area contributed by atoms with E-state index >= 15 is 0 Å². The lowest BCUT2D eigenvalue weighted by molar-refractivity contribution is -0.144. The topological polar surface area (TPSA) is 70.4 Å². The van der Waals surface area contributed by atoms with Crippen LogP contribution in [-0.2, 0) is 14.3 Å². The Kier molecular flexibility index (Phi) is 6.74. The molecule has 106 valence electrons. The molecule has 0 atom stereocenters. The summed E-state index contributed by atoms with van der Waals surface area (Å²) < 4.78 is 5.66. The van der Waals surface area contributed by atoms with Crippen LogP contribution in [0.5, 0.6) is 0 Å². The Morgan fingerprint density at radius 3 is 2.50 bits per heavy atom. The minimum absolute atomic E-state index is 0.0190. The molecule has 0 radical (unpaired) electrons. The first-order valence-electron chi connectivity index (χ1n) is 6.17. The number of hydrogen-bond donors (Lipinski definition) is 0. The number of carbonyl (C=O) groups excluding carboxylic acids is 2.